The summed E-state index contributed by atoms with van der Waals surface area (Å²) in [7, 11) is 0. The van der Waals surface area contributed by atoms with E-state index in [0.717, 1.165) is 4.47 Å². The lowest BCUT2D eigenvalue weighted by atomic mass is 10.1. The molecular formula is C17H16BrClN2O2. The number of amides is 2. The number of nitrogens with one attached hydrogen (secondary N) is 2. The van der Waals surface area contributed by atoms with Crippen molar-refractivity contribution in [1.82, 2.24) is 0 Å². The summed E-state index contributed by atoms with van der Waals surface area (Å²) < 4.78 is 0.766. The van der Waals surface area contributed by atoms with Crippen molar-refractivity contribution in [3.8, 4) is 0 Å². The van der Waals surface area contributed by atoms with Gasteiger partial charge in [-0.25, -0.2) is 0 Å². The maximum Gasteiger partial charge on any atom is 0.255 e. The summed E-state index contributed by atoms with van der Waals surface area (Å²) in [4.78, 5) is 23.8. The topological polar surface area (TPSA) is 58.2 Å². The number of hydrogen-bond donors (Lipinski definition) is 2. The van der Waals surface area contributed by atoms with Crippen molar-refractivity contribution < 1.29 is 9.59 Å². The van der Waals surface area contributed by atoms with Crippen molar-refractivity contribution in [3.05, 3.63) is 57.5 Å². The largest absolute Gasteiger partial charge is 0.326 e. The Morgan fingerprint density at radius 3 is 2.17 bits per heavy atom. The second-order valence-corrected chi connectivity index (χ2v) is 6.57. The molecule has 0 unspecified atom stereocenters. The van der Waals surface area contributed by atoms with E-state index in [-0.39, 0.29) is 17.7 Å². The number of carbonyl (C=O) groups is 2. The fraction of sp³-hybridized carbons (Fsp3) is 0.176. The third-order valence-corrected chi connectivity index (χ3v) is 4.35. The SMILES string of the molecule is CC(C)C(=O)Nc1ccc(C(=O)Nc2ccc(Br)c(Cl)c2)cc1. The molecule has 0 aromatic heterocycles. The van der Waals surface area contributed by atoms with Crippen molar-refractivity contribution in [1.29, 1.82) is 0 Å². The molecule has 2 rings (SSSR count). The lowest BCUT2D eigenvalue weighted by Gasteiger charge is -2.09. The van der Waals surface area contributed by atoms with Gasteiger partial charge in [0, 0.05) is 27.3 Å². The number of anilines is 2. The first kappa shape index (κ1) is 17.5. The van der Waals surface area contributed by atoms with Crippen LogP contribution in [0, 0.1) is 5.92 Å². The number of carbonyl (C=O) groups excluding carboxylic acids is 2. The van der Waals surface area contributed by atoms with Crippen LogP contribution in [0.5, 0.6) is 0 Å². The number of rotatable bonds is 4. The molecule has 0 aliphatic rings. The Morgan fingerprint density at radius 1 is 1.00 bits per heavy atom. The van der Waals surface area contributed by atoms with Crippen LogP contribution in [0.2, 0.25) is 5.02 Å². The maximum atomic E-state index is 12.2. The van der Waals surface area contributed by atoms with Crippen LogP contribution in [0.1, 0.15) is 24.2 Å². The number of benzene rings is 2. The van der Waals surface area contributed by atoms with E-state index in [9.17, 15) is 9.59 Å². The standard InChI is InChI=1S/C17H16BrClN2O2/c1-10(2)16(22)20-12-5-3-11(4-6-12)17(23)21-13-7-8-14(18)15(19)9-13/h3-10H,1-2H3,(H,20,22)(H,21,23). The van der Waals surface area contributed by atoms with E-state index >= 15 is 0 Å². The van der Waals surface area contributed by atoms with Crippen molar-refractivity contribution >= 4 is 50.7 Å². The molecule has 0 atom stereocenters. The Bertz CT molecular complexity index is 730. The molecule has 2 amide bonds. The third kappa shape index (κ3) is 4.81. The van der Waals surface area contributed by atoms with E-state index < -0.39 is 0 Å². The molecule has 120 valence electrons. The summed E-state index contributed by atoms with van der Waals surface area (Å²) in [5.74, 6) is -0.406. The highest BCUT2D eigenvalue weighted by Gasteiger charge is 2.09. The van der Waals surface area contributed by atoms with Gasteiger partial charge in [0.25, 0.3) is 5.91 Å². The molecule has 0 aliphatic carbocycles. The summed E-state index contributed by atoms with van der Waals surface area (Å²) in [6, 6.07) is 11.9. The van der Waals surface area contributed by atoms with Crippen LogP contribution >= 0.6 is 27.5 Å². The van der Waals surface area contributed by atoms with Gasteiger partial charge >= 0.3 is 0 Å². The van der Waals surface area contributed by atoms with Gasteiger partial charge in [0.1, 0.15) is 0 Å². The summed E-state index contributed by atoms with van der Waals surface area (Å²) in [5, 5.41) is 6.07. The average molecular weight is 396 g/mol. The lowest BCUT2D eigenvalue weighted by Crippen LogP contribution is -2.18. The monoisotopic (exact) mass is 394 g/mol. The molecule has 0 spiro atoms. The van der Waals surface area contributed by atoms with Crippen molar-refractivity contribution in [2.75, 3.05) is 10.6 Å². The van der Waals surface area contributed by atoms with Crippen LogP contribution < -0.4 is 10.6 Å². The van der Waals surface area contributed by atoms with Gasteiger partial charge in [0.05, 0.1) is 5.02 Å². The smallest absolute Gasteiger partial charge is 0.255 e. The Balaban J connectivity index is 2.05. The molecule has 4 nitrogen and oxygen atoms in total. The second kappa shape index (κ2) is 7.62. The molecule has 0 fully saturated rings. The molecule has 0 bridgehead atoms. The van der Waals surface area contributed by atoms with Crippen LogP contribution in [0.4, 0.5) is 11.4 Å². The Hall–Kier alpha value is -1.85. The van der Waals surface area contributed by atoms with Gasteiger partial charge in [0.15, 0.2) is 0 Å². The van der Waals surface area contributed by atoms with E-state index in [4.69, 9.17) is 11.6 Å². The predicted octanol–water partition coefficient (Wildman–Crippen LogP) is 4.95. The highest BCUT2D eigenvalue weighted by Crippen LogP contribution is 2.25. The van der Waals surface area contributed by atoms with Crippen LogP contribution in [-0.4, -0.2) is 11.8 Å². The Morgan fingerprint density at radius 2 is 1.61 bits per heavy atom. The van der Waals surface area contributed by atoms with Gasteiger partial charge in [-0.2, -0.15) is 0 Å². The molecule has 23 heavy (non-hydrogen) atoms. The zero-order chi connectivity index (χ0) is 17.0. The van der Waals surface area contributed by atoms with Gasteiger partial charge in [-0.3, -0.25) is 9.59 Å². The summed E-state index contributed by atoms with van der Waals surface area (Å²) in [5.41, 5.74) is 1.76. The quantitative estimate of drug-likeness (QED) is 0.769. The minimum Gasteiger partial charge on any atom is -0.326 e. The highest BCUT2D eigenvalue weighted by atomic mass is 79.9. The Labute approximate surface area is 148 Å². The summed E-state index contributed by atoms with van der Waals surface area (Å²) in [6.07, 6.45) is 0. The fourth-order valence-electron chi connectivity index (χ4n) is 1.77. The van der Waals surface area contributed by atoms with E-state index in [1.54, 1.807) is 42.5 Å². The molecule has 2 aromatic carbocycles. The average Bonchev–Trinajstić information content (AvgIpc) is 2.51. The molecule has 0 aliphatic heterocycles. The first-order chi connectivity index (χ1) is 10.9. The van der Waals surface area contributed by atoms with Gasteiger partial charge in [-0.05, 0) is 58.4 Å². The van der Waals surface area contributed by atoms with Gasteiger partial charge in [-0.15, -0.1) is 0 Å². The third-order valence-electron chi connectivity index (χ3n) is 3.12. The van der Waals surface area contributed by atoms with E-state index in [1.165, 1.54) is 0 Å². The maximum absolute atomic E-state index is 12.2. The predicted molar refractivity (Wildman–Crippen MR) is 97.0 cm³/mol. The molecule has 0 radical (unpaired) electrons. The fourth-order valence-corrected chi connectivity index (χ4v) is 2.20. The molecule has 2 N–H and O–H groups in total. The molecule has 2 aromatic rings. The Kier molecular flexibility index (Phi) is 5.80. The van der Waals surface area contributed by atoms with Crippen LogP contribution in [0.25, 0.3) is 0 Å². The van der Waals surface area contributed by atoms with Crippen molar-refractivity contribution in [3.63, 3.8) is 0 Å². The number of hydrogen-bond acceptors (Lipinski definition) is 2. The normalized spacial score (nSPS) is 10.5. The minimum atomic E-state index is -0.245. The first-order valence-electron chi connectivity index (χ1n) is 7.04. The van der Waals surface area contributed by atoms with Gasteiger partial charge < -0.3 is 10.6 Å². The second-order valence-electron chi connectivity index (χ2n) is 5.30. The molecule has 6 heteroatoms. The van der Waals surface area contributed by atoms with Crippen LogP contribution in [0.3, 0.4) is 0 Å². The van der Waals surface area contributed by atoms with E-state index in [1.807, 2.05) is 13.8 Å². The van der Waals surface area contributed by atoms with Crippen molar-refractivity contribution in [2.24, 2.45) is 5.92 Å². The minimum absolute atomic E-state index is 0.0632. The van der Waals surface area contributed by atoms with E-state index in [2.05, 4.69) is 26.6 Å². The first-order valence-corrected chi connectivity index (χ1v) is 8.21. The zero-order valence-electron chi connectivity index (χ0n) is 12.7. The molecule has 0 saturated heterocycles. The highest BCUT2D eigenvalue weighted by molar-refractivity contribution is 9.10. The summed E-state index contributed by atoms with van der Waals surface area (Å²) in [6.45, 7) is 3.64. The van der Waals surface area contributed by atoms with E-state index in [0.29, 0.717) is 22.0 Å². The van der Waals surface area contributed by atoms with Crippen LogP contribution in [0.15, 0.2) is 46.9 Å². The van der Waals surface area contributed by atoms with Gasteiger partial charge in [-0.1, -0.05) is 25.4 Å². The van der Waals surface area contributed by atoms with Crippen LogP contribution in [-0.2, 0) is 4.79 Å². The molecular weight excluding hydrogens is 380 g/mol. The van der Waals surface area contributed by atoms with Gasteiger partial charge in [0.2, 0.25) is 5.91 Å². The molecule has 0 saturated carbocycles. The number of halogens is 2. The van der Waals surface area contributed by atoms with Crippen molar-refractivity contribution in [2.45, 2.75) is 13.8 Å². The zero-order valence-corrected chi connectivity index (χ0v) is 15.0. The summed E-state index contributed by atoms with van der Waals surface area (Å²) >= 11 is 9.30. The lowest BCUT2D eigenvalue weighted by molar-refractivity contribution is -0.118. The molecule has 0 heterocycles.